The number of hydrogen-bond donors (Lipinski definition) is 2. The lowest BCUT2D eigenvalue weighted by molar-refractivity contribution is -0.144. The monoisotopic (exact) mass is 282 g/mol. The van der Waals surface area contributed by atoms with Crippen LogP contribution in [0.1, 0.15) is 19.8 Å². The fraction of sp³-hybridized carbons (Fsp3) is 0.615. The normalized spacial score (nSPS) is 11.9. The highest BCUT2D eigenvalue weighted by Crippen LogP contribution is 1.94. The summed E-state index contributed by atoms with van der Waals surface area (Å²) in [6, 6.07) is -0.633. The minimum absolute atomic E-state index is 0.248. The lowest BCUT2D eigenvalue weighted by Crippen LogP contribution is -2.47. The number of amides is 1. The van der Waals surface area contributed by atoms with E-state index in [1.807, 2.05) is 10.8 Å². The Balaban J connectivity index is 2.13. The number of aromatic nitrogens is 2. The molecule has 1 aromatic rings. The zero-order valence-electron chi connectivity index (χ0n) is 12.0. The molecular weight excluding hydrogens is 260 g/mol. The molecule has 1 rings (SSSR count). The molecule has 0 aliphatic rings. The molecule has 0 aliphatic heterocycles. The molecule has 0 aliphatic carbocycles. The summed E-state index contributed by atoms with van der Waals surface area (Å²) in [6.07, 6.45) is 7.47. The van der Waals surface area contributed by atoms with Crippen molar-refractivity contribution < 1.29 is 14.3 Å². The van der Waals surface area contributed by atoms with Gasteiger partial charge in [0.05, 0.1) is 13.4 Å². The number of carbonyl (C=O) groups excluding carboxylic acids is 2. The second-order valence-electron chi connectivity index (χ2n) is 4.49. The van der Waals surface area contributed by atoms with Gasteiger partial charge in [-0.3, -0.25) is 4.79 Å². The third-order valence-electron chi connectivity index (χ3n) is 2.79. The predicted molar refractivity (Wildman–Crippen MR) is 74.0 cm³/mol. The number of nitrogens with one attached hydrogen (secondary N) is 2. The Morgan fingerprint density at radius 3 is 2.80 bits per heavy atom. The molecule has 0 fully saturated rings. The van der Waals surface area contributed by atoms with Gasteiger partial charge in [-0.15, -0.1) is 0 Å². The van der Waals surface area contributed by atoms with Gasteiger partial charge in [-0.05, 0) is 19.4 Å². The van der Waals surface area contributed by atoms with Crippen molar-refractivity contribution in [1.29, 1.82) is 0 Å². The van der Waals surface area contributed by atoms with E-state index in [9.17, 15) is 9.59 Å². The third kappa shape index (κ3) is 6.33. The Hall–Kier alpha value is -1.89. The summed E-state index contributed by atoms with van der Waals surface area (Å²) < 4.78 is 6.66. The van der Waals surface area contributed by atoms with Gasteiger partial charge in [0, 0.05) is 32.4 Å². The molecule has 0 saturated carbocycles. The average Bonchev–Trinajstić information content (AvgIpc) is 2.93. The van der Waals surface area contributed by atoms with Crippen molar-refractivity contribution in [2.75, 3.05) is 20.2 Å². The summed E-state index contributed by atoms with van der Waals surface area (Å²) in [5.41, 5.74) is 0. The van der Waals surface area contributed by atoms with Gasteiger partial charge in [0.2, 0.25) is 5.91 Å². The number of rotatable bonds is 9. The number of carbonyl (C=O) groups is 2. The molecule has 1 unspecified atom stereocenters. The van der Waals surface area contributed by atoms with Gasteiger partial charge in [-0.2, -0.15) is 0 Å². The first-order valence-electron chi connectivity index (χ1n) is 6.65. The van der Waals surface area contributed by atoms with Crippen LogP contribution < -0.4 is 10.6 Å². The molecule has 7 nitrogen and oxygen atoms in total. The van der Waals surface area contributed by atoms with Crippen LogP contribution in [0.3, 0.4) is 0 Å². The molecule has 0 aromatic carbocycles. The summed E-state index contributed by atoms with van der Waals surface area (Å²) in [5, 5.41) is 5.70. The van der Waals surface area contributed by atoms with Crippen LogP contribution in [0.15, 0.2) is 18.7 Å². The largest absolute Gasteiger partial charge is 0.467 e. The average molecular weight is 282 g/mol. The summed E-state index contributed by atoms with van der Waals surface area (Å²) in [7, 11) is 1.31. The molecule has 0 spiro atoms. The van der Waals surface area contributed by atoms with Gasteiger partial charge in [0.25, 0.3) is 0 Å². The van der Waals surface area contributed by atoms with E-state index in [-0.39, 0.29) is 5.91 Å². The molecule has 2 N–H and O–H groups in total. The molecule has 0 bridgehead atoms. The first-order chi connectivity index (χ1) is 9.63. The predicted octanol–water partition coefficient (Wildman–Crippen LogP) is -0.0694. The van der Waals surface area contributed by atoms with Crippen LogP contribution >= 0.6 is 0 Å². The van der Waals surface area contributed by atoms with E-state index in [1.54, 1.807) is 12.5 Å². The van der Waals surface area contributed by atoms with Crippen LogP contribution in [0, 0.1) is 0 Å². The lowest BCUT2D eigenvalue weighted by atomic mass is 10.2. The molecule has 0 saturated heterocycles. The maximum Gasteiger partial charge on any atom is 0.329 e. The Morgan fingerprint density at radius 1 is 1.40 bits per heavy atom. The SMILES string of the molecule is COC(=O)C(CNCCCCn1ccnc1)NC(C)=O. The van der Waals surface area contributed by atoms with E-state index in [1.165, 1.54) is 14.0 Å². The van der Waals surface area contributed by atoms with Crippen molar-refractivity contribution in [2.45, 2.75) is 32.4 Å². The van der Waals surface area contributed by atoms with E-state index in [0.717, 1.165) is 25.9 Å². The van der Waals surface area contributed by atoms with Crippen LogP contribution in [0.2, 0.25) is 0 Å². The topological polar surface area (TPSA) is 85.2 Å². The minimum atomic E-state index is -0.633. The van der Waals surface area contributed by atoms with E-state index >= 15 is 0 Å². The highest BCUT2D eigenvalue weighted by Gasteiger charge is 2.19. The first kappa shape index (κ1) is 16.2. The van der Waals surface area contributed by atoms with Gasteiger partial charge in [0.1, 0.15) is 6.04 Å². The Labute approximate surface area is 118 Å². The maximum absolute atomic E-state index is 11.4. The van der Waals surface area contributed by atoms with Gasteiger partial charge >= 0.3 is 5.97 Å². The van der Waals surface area contributed by atoms with Crippen LogP contribution in [0.4, 0.5) is 0 Å². The molecular formula is C13H22N4O3. The van der Waals surface area contributed by atoms with Gasteiger partial charge in [0.15, 0.2) is 0 Å². The highest BCUT2D eigenvalue weighted by atomic mass is 16.5. The molecule has 1 aromatic heterocycles. The van der Waals surface area contributed by atoms with E-state index in [4.69, 9.17) is 0 Å². The highest BCUT2D eigenvalue weighted by molar-refractivity contribution is 5.83. The van der Waals surface area contributed by atoms with Gasteiger partial charge in [-0.25, -0.2) is 9.78 Å². The zero-order chi connectivity index (χ0) is 14.8. The minimum Gasteiger partial charge on any atom is -0.467 e. The van der Waals surface area contributed by atoms with Crippen molar-refractivity contribution in [3.05, 3.63) is 18.7 Å². The quantitative estimate of drug-likeness (QED) is 0.489. The standard InChI is InChI=1S/C13H22N4O3/c1-11(18)16-12(13(19)20-2)9-14-5-3-4-7-17-8-6-15-10-17/h6,8,10,12,14H,3-5,7,9H2,1-2H3,(H,16,18). The van der Waals surface area contributed by atoms with Crippen molar-refractivity contribution in [1.82, 2.24) is 20.2 Å². The number of esters is 1. The second-order valence-corrected chi connectivity index (χ2v) is 4.49. The fourth-order valence-electron chi connectivity index (χ4n) is 1.79. The third-order valence-corrected chi connectivity index (χ3v) is 2.79. The Morgan fingerprint density at radius 2 is 2.20 bits per heavy atom. The van der Waals surface area contributed by atoms with E-state index < -0.39 is 12.0 Å². The zero-order valence-corrected chi connectivity index (χ0v) is 12.0. The number of nitrogens with zero attached hydrogens (tertiary/aromatic N) is 2. The van der Waals surface area contributed by atoms with Crippen molar-refractivity contribution >= 4 is 11.9 Å². The van der Waals surface area contributed by atoms with Crippen LogP contribution in [0.5, 0.6) is 0 Å². The lowest BCUT2D eigenvalue weighted by Gasteiger charge is -2.16. The second kappa shape index (κ2) is 9.08. The van der Waals surface area contributed by atoms with E-state index in [0.29, 0.717) is 6.54 Å². The van der Waals surface area contributed by atoms with Crippen LogP contribution in [-0.4, -0.2) is 47.7 Å². The Kier molecular flexibility index (Phi) is 7.34. The summed E-state index contributed by atoms with van der Waals surface area (Å²) >= 11 is 0. The van der Waals surface area contributed by atoms with Crippen LogP contribution in [-0.2, 0) is 20.9 Å². The number of unbranched alkanes of at least 4 members (excludes halogenated alkanes) is 1. The van der Waals surface area contributed by atoms with Gasteiger partial charge in [-0.1, -0.05) is 0 Å². The molecule has 20 heavy (non-hydrogen) atoms. The molecule has 112 valence electrons. The number of methoxy groups -OCH3 is 1. The van der Waals surface area contributed by atoms with Crippen molar-refractivity contribution in [2.24, 2.45) is 0 Å². The maximum atomic E-state index is 11.4. The first-order valence-corrected chi connectivity index (χ1v) is 6.65. The fourth-order valence-corrected chi connectivity index (χ4v) is 1.79. The molecule has 1 atom stereocenters. The number of hydrogen-bond acceptors (Lipinski definition) is 5. The Bertz CT molecular complexity index is 406. The number of aryl methyl sites for hydroxylation is 1. The van der Waals surface area contributed by atoms with Crippen molar-refractivity contribution in [3.8, 4) is 0 Å². The number of imidazole rings is 1. The summed E-state index contributed by atoms with van der Waals surface area (Å²) in [6.45, 7) is 3.45. The molecule has 1 amide bonds. The summed E-state index contributed by atoms with van der Waals surface area (Å²) in [4.78, 5) is 26.4. The molecule has 7 heteroatoms. The molecule has 0 radical (unpaired) electrons. The molecule has 1 heterocycles. The van der Waals surface area contributed by atoms with Crippen molar-refractivity contribution in [3.63, 3.8) is 0 Å². The van der Waals surface area contributed by atoms with Crippen LogP contribution in [0.25, 0.3) is 0 Å². The number of ether oxygens (including phenoxy) is 1. The van der Waals surface area contributed by atoms with Gasteiger partial charge < -0.3 is 19.9 Å². The van der Waals surface area contributed by atoms with E-state index in [2.05, 4.69) is 20.4 Å². The summed E-state index contributed by atoms with van der Waals surface area (Å²) in [5.74, 6) is -0.687. The smallest absolute Gasteiger partial charge is 0.329 e.